The SMILES string of the molecule is Cc1cc(C2CC2)cc(Cl)c1Oc1ccc(C(C)(C)O)cc1Br. The van der Waals surface area contributed by atoms with Crippen molar-refractivity contribution in [3.8, 4) is 11.5 Å². The van der Waals surface area contributed by atoms with Crippen molar-refractivity contribution in [1.82, 2.24) is 0 Å². The third kappa shape index (κ3) is 3.73. The molecule has 3 rings (SSSR count). The molecule has 1 aliphatic carbocycles. The summed E-state index contributed by atoms with van der Waals surface area (Å²) >= 11 is 9.95. The van der Waals surface area contributed by atoms with Gasteiger partial charge in [-0.3, -0.25) is 0 Å². The third-order valence-electron chi connectivity index (χ3n) is 4.15. The molecule has 0 saturated heterocycles. The van der Waals surface area contributed by atoms with Gasteiger partial charge in [0.05, 0.1) is 15.1 Å². The van der Waals surface area contributed by atoms with E-state index in [0.29, 0.717) is 22.4 Å². The first-order valence-electron chi connectivity index (χ1n) is 7.76. The minimum Gasteiger partial charge on any atom is -0.454 e. The lowest BCUT2D eigenvalue weighted by atomic mass is 9.98. The Kier molecular flexibility index (Phi) is 4.47. The molecule has 2 aromatic carbocycles. The van der Waals surface area contributed by atoms with Crippen molar-refractivity contribution in [3.05, 3.63) is 56.5 Å². The highest BCUT2D eigenvalue weighted by molar-refractivity contribution is 9.10. The van der Waals surface area contributed by atoms with E-state index in [1.165, 1.54) is 18.4 Å². The van der Waals surface area contributed by atoms with Crippen LogP contribution in [0, 0.1) is 6.92 Å². The van der Waals surface area contributed by atoms with Crippen molar-refractivity contribution in [1.29, 1.82) is 0 Å². The highest BCUT2D eigenvalue weighted by Crippen LogP contribution is 2.44. The molecule has 2 aromatic rings. The van der Waals surface area contributed by atoms with Crippen molar-refractivity contribution < 1.29 is 9.84 Å². The van der Waals surface area contributed by atoms with E-state index in [0.717, 1.165) is 15.6 Å². The number of hydrogen-bond acceptors (Lipinski definition) is 2. The van der Waals surface area contributed by atoms with Gasteiger partial charge < -0.3 is 9.84 Å². The summed E-state index contributed by atoms with van der Waals surface area (Å²) in [6.07, 6.45) is 2.50. The van der Waals surface area contributed by atoms with Crippen LogP contribution in [0.1, 0.15) is 49.3 Å². The van der Waals surface area contributed by atoms with Crippen LogP contribution in [0.15, 0.2) is 34.8 Å². The van der Waals surface area contributed by atoms with Crippen LogP contribution in [0.5, 0.6) is 11.5 Å². The summed E-state index contributed by atoms with van der Waals surface area (Å²) in [6.45, 7) is 5.53. The molecule has 0 heterocycles. The van der Waals surface area contributed by atoms with Gasteiger partial charge in [0.25, 0.3) is 0 Å². The normalized spacial score (nSPS) is 14.9. The van der Waals surface area contributed by atoms with Crippen LogP contribution in [0.25, 0.3) is 0 Å². The van der Waals surface area contributed by atoms with Crippen LogP contribution in [0.4, 0.5) is 0 Å². The second-order valence-corrected chi connectivity index (χ2v) is 7.99. The molecular formula is C19H20BrClO2. The molecule has 4 heteroatoms. The number of aryl methyl sites for hydroxylation is 1. The molecule has 122 valence electrons. The Bertz CT molecular complexity index is 723. The zero-order valence-corrected chi connectivity index (χ0v) is 15.8. The predicted molar refractivity (Wildman–Crippen MR) is 97.6 cm³/mol. The van der Waals surface area contributed by atoms with Crippen molar-refractivity contribution in [2.45, 2.75) is 45.1 Å². The van der Waals surface area contributed by atoms with E-state index in [9.17, 15) is 5.11 Å². The molecule has 2 nitrogen and oxygen atoms in total. The van der Waals surface area contributed by atoms with E-state index in [1.807, 2.05) is 31.2 Å². The maximum absolute atomic E-state index is 10.1. The summed E-state index contributed by atoms with van der Waals surface area (Å²) in [5.41, 5.74) is 2.28. The average molecular weight is 396 g/mol. The van der Waals surface area contributed by atoms with Gasteiger partial charge in [0.15, 0.2) is 0 Å². The van der Waals surface area contributed by atoms with Gasteiger partial charge >= 0.3 is 0 Å². The van der Waals surface area contributed by atoms with Crippen molar-refractivity contribution in [3.63, 3.8) is 0 Å². The molecule has 1 saturated carbocycles. The monoisotopic (exact) mass is 394 g/mol. The molecule has 23 heavy (non-hydrogen) atoms. The molecule has 1 aliphatic rings. The fraction of sp³-hybridized carbons (Fsp3) is 0.368. The molecule has 1 N–H and O–H groups in total. The Hall–Kier alpha value is -1.03. The standard InChI is InChI=1S/C19H20BrClO2/c1-11-8-13(12-4-5-12)9-16(21)18(11)23-17-7-6-14(10-15(17)20)19(2,3)22/h6-10,12,22H,4-5H2,1-3H3. The Labute approximate surface area is 150 Å². The van der Waals surface area contributed by atoms with E-state index in [4.69, 9.17) is 16.3 Å². The number of rotatable bonds is 4. The molecule has 0 bridgehead atoms. The molecule has 0 atom stereocenters. The van der Waals surface area contributed by atoms with Crippen LogP contribution < -0.4 is 4.74 Å². The second-order valence-electron chi connectivity index (χ2n) is 6.73. The molecule has 0 radical (unpaired) electrons. The highest BCUT2D eigenvalue weighted by Gasteiger charge is 2.25. The first-order valence-corrected chi connectivity index (χ1v) is 8.93. The van der Waals surface area contributed by atoms with Gasteiger partial charge in [0.1, 0.15) is 11.5 Å². The fourth-order valence-electron chi connectivity index (χ4n) is 2.61. The number of halogens is 2. The van der Waals surface area contributed by atoms with Gasteiger partial charge in [-0.1, -0.05) is 23.7 Å². The summed E-state index contributed by atoms with van der Waals surface area (Å²) in [4.78, 5) is 0. The quantitative estimate of drug-likeness (QED) is 0.657. The van der Waals surface area contributed by atoms with E-state index < -0.39 is 5.60 Å². The Morgan fingerprint density at radius 2 is 1.91 bits per heavy atom. The second kappa shape index (κ2) is 6.12. The highest BCUT2D eigenvalue weighted by atomic mass is 79.9. The Morgan fingerprint density at radius 3 is 2.43 bits per heavy atom. The minimum atomic E-state index is -0.888. The molecule has 0 amide bonds. The zero-order valence-electron chi connectivity index (χ0n) is 13.5. The Morgan fingerprint density at radius 1 is 1.22 bits per heavy atom. The topological polar surface area (TPSA) is 29.5 Å². The van der Waals surface area contributed by atoms with Gasteiger partial charge in [0.2, 0.25) is 0 Å². The zero-order chi connectivity index (χ0) is 16.8. The van der Waals surface area contributed by atoms with Crippen LogP contribution >= 0.6 is 27.5 Å². The minimum absolute atomic E-state index is 0.644. The summed E-state index contributed by atoms with van der Waals surface area (Å²) in [5, 5.41) is 10.7. The number of ether oxygens (including phenoxy) is 1. The molecule has 1 fully saturated rings. The van der Waals surface area contributed by atoms with Crippen LogP contribution in [-0.4, -0.2) is 5.11 Å². The molecule has 0 spiro atoms. The predicted octanol–water partition coefficient (Wildman–Crippen LogP) is 6.31. The summed E-state index contributed by atoms with van der Waals surface area (Å²) in [7, 11) is 0. The van der Waals surface area contributed by atoms with Gasteiger partial charge in [-0.05, 0) is 90.4 Å². The summed E-state index contributed by atoms with van der Waals surface area (Å²) in [6, 6.07) is 9.76. The Balaban J connectivity index is 1.90. The summed E-state index contributed by atoms with van der Waals surface area (Å²) in [5.74, 6) is 2.04. The average Bonchev–Trinajstić information content (AvgIpc) is 3.27. The van der Waals surface area contributed by atoms with E-state index in [2.05, 4.69) is 22.0 Å². The van der Waals surface area contributed by atoms with Crippen molar-refractivity contribution in [2.24, 2.45) is 0 Å². The first-order chi connectivity index (χ1) is 10.8. The molecule has 0 unspecified atom stereocenters. The lowest BCUT2D eigenvalue weighted by Gasteiger charge is -2.19. The maximum Gasteiger partial charge on any atom is 0.148 e. The van der Waals surface area contributed by atoms with Gasteiger partial charge in [-0.15, -0.1) is 0 Å². The molecular weight excluding hydrogens is 376 g/mol. The van der Waals surface area contributed by atoms with Crippen molar-refractivity contribution >= 4 is 27.5 Å². The van der Waals surface area contributed by atoms with Crippen LogP contribution in [0.3, 0.4) is 0 Å². The van der Waals surface area contributed by atoms with E-state index in [1.54, 1.807) is 13.8 Å². The first kappa shape index (κ1) is 16.8. The number of hydrogen-bond donors (Lipinski definition) is 1. The third-order valence-corrected chi connectivity index (χ3v) is 5.05. The van der Waals surface area contributed by atoms with E-state index in [-0.39, 0.29) is 0 Å². The number of benzene rings is 2. The summed E-state index contributed by atoms with van der Waals surface area (Å²) < 4.78 is 6.82. The lowest BCUT2D eigenvalue weighted by molar-refractivity contribution is 0.0785. The van der Waals surface area contributed by atoms with Gasteiger partial charge in [-0.25, -0.2) is 0 Å². The fourth-order valence-corrected chi connectivity index (χ4v) is 3.39. The maximum atomic E-state index is 10.1. The van der Waals surface area contributed by atoms with Crippen LogP contribution in [0.2, 0.25) is 5.02 Å². The molecule has 0 aromatic heterocycles. The van der Waals surface area contributed by atoms with Gasteiger partial charge in [0, 0.05) is 0 Å². The van der Waals surface area contributed by atoms with Gasteiger partial charge in [-0.2, -0.15) is 0 Å². The smallest absolute Gasteiger partial charge is 0.148 e. The number of aliphatic hydroxyl groups is 1. The van der Waals surface area contributed by atoms with Crippen molar-refractivity contribution in [2.75, 3.05) is 0 Å². The lowest BCUT2D eigenvalue weighted by Crippen LogP contribution is -2.15. The largest absolute Gasteiger partial charge is 0.454 e. The van der Waals surface area contributed by atoms with Crippen LogP contribution in [-0.2, 0) is 5.60 Å². The molecule has 0 aliphatic heterocycles. The van der Waals surface area contributed by atoms with E-state index >= 15 is 0 Å².